The highest BCUT2D eigenvalue weighted by Crippen LogP contribution is 2.43. The molecule has 1 aromatic carbocycles. The zero-order valence-corrected chi connectivity index (χ0v) is 5.85. The fourth-order valence-electron chi connectivity index (χ4n) is 1.19. The third kappa shape index (κ3) is 1.25. The minimum atomic E-state index is -0.753. The molecule has 0 aliphatic heterocycles. The summed E-state index contributed by atoms with van der Waals surface area (Å²) < 4.78 is 25.0. The van der Waals surface area contributed by atoms with Gasteiger partial charge in [-0.25, -0.2) is 8.78 Å². The summed E-state index contributed by atoms with van der Waals surface area (Å²) in [6, 6.07) is 6.94. The molecule has 0 heterocycles. The van der Waals surface area contributed by atoms with Gasteiger partial charge in [0.2, 0.25) is 0 Å². The van der Waals surface area contributed by atoms with Crippen LogP contribution in [0, 0.1) is 11.9 Å². The molecule has 1 aromatic rings. The molecule has 1 aliphatic carbocycles. The van der Waals surface area contributed by atoms with Crippen molar-refractivity contribution in [3.63, 3.8) is 0 Å². The first kappa shape index (κ1) is 6.77. The van der Waals surface area contributed by atoms with Crippen molar-refractivity contribution in [3.05, 3.63) is 35.6 Å². The van der Waals surface area contributed by atoms with E-state index in [0.717, 1.165) is 5.56 Å². The van der Waals surface area contributed by atoms with Crippen molar-refractivity contribution in [1.82, 2.24) is 0 Å². The first-order chi connectivity index (χ1) is 5.27. The Labute approximate surface area is 63.9 Å². The molecule has 0 aromatic heterocycles. The summed E-state index contributed by atoms with van der Waals surface area (Å²) >= 11 is 0. The van der Waals surface area contributed by atoms with Crippen LogP contribution in [0.2, 0.25) is 0 Å². The first-order valence-electron chi connectivity index (χ1n) is 3.58. The molecule has 0 amide bonds. The van der Waals surface area contributed by atoms with Crippen LogP contribution in [0.1, 0.15) is 17.9 Å². The Morgan fingerprint density at radius 3 is 2.82 bits per heavy atom. The molecule has 57 valence electrons. The maximum atomic E-state index is 12.5. The van der Waals surface area contributed by atoms with Crippen LogP contribution in [0.15, 0.2) is 18.2 Å². The largest absolute Gasteiger partial charge is 0.247 e. The smallest absolute Gasteiger partial charge is 0.131 e. The van der Waals surface area contributed by atoms with E-state index in [2.05, 4.69) is 6.07 Å². The molecule has 0 bridgehead atoms. The van der Waals surface area contributed by atoms with Crippen LogP contribution in [0.25, 0.3) is 0 Å². The van der Waals surface area contributed by atoms with Crippen LogP contribution in [-0.2, 0) is 0 Å². The Balaban J connectivity index is 2.25. The Kier molecular flexibility index (Phi) is 1.41. The van der Waals surface area contributed by atoms with Crippen LogP contribution in [0.5, 0.6) is 0 Å². The van der Waals surface area contributed by atoms with Crippen molar-refractivity contribution in [2.45, 2.75) is 18.5 Å². The normalized spacial score (nSPS) is 28.5. The van der Waals surface area contributed by atoms with Crippen LogP contribution in [0.3, 0.4) is 0 Å². The van der Waals surface area contributed by atoms with Gasteiger partial charge >= 0.3 is 0 Å². The molecule has 11 heavy (non-hydrogen) atoms. The standard InChI is InChI=1S/C9H7F2/c10-7-3-1-2-6(4-7)8-5-9(8)11/h1-2,4,8-9H,5H2. The van der Waals surface area contributed by atoms with Gasteiger partial charge in [-0.15, -0.1) is 0 Å². The zero-order chi connectivity index (χ0) is 7.84. The topological polar surface area (TPSA) is 0 Å². The van der Waals surface area contributed by atoms with Crippen molar-refractivity contribution in [2.24, 2.45) is 0 Å². The maximum Gasteiger partial charge on any atom is 0.131 e. The van der Waals surface area contributed by atoms with E-state index in [9.17, 15) is 8.78 Å². The second kappa shape index (κ2) is 2.29. The second-order valence-corrected chi connectivity index (χ2v) is 2.83. The average Bonchev–Trinajstić information content (AvgIpc) is 2.67. The molecule has 1 radical (unpaired) electrons. The van der Waals surface area contributed by atoms with Gasteiger partial charge in [-0.2, -0.15) is 0 Å². The molecule has 0 saturated heterocycles. The fourth-order valence-corrected chi connectivity index (χ4v) is 1.19. The molecule has 1 aliphatic rings. The Bertz CT molecular complexity index is 270. The number of alkyl halides is 1. The van der Waals surface area contributed by atoms with Crippen molar-refractivity contribution >= 4 is 0 Å². The molecule has 2 heteroatoms. The molecule has 2 atom stereocenters. The highest BCUT2D eigenvalue weighted by molar-refractivity contribution is 5.26. The van der Waals surface area contributed by atoms with Gasteiger partial charge in [-0.3, -0.25) is 0 Å². The zero-order valence-electron chi connectivity index (χ0n) is 5.85. The molecular weight excluding hydrogens is 146 g/mol. The lowest BCUT2D eigenvalue weighted by Gasteiger charge is -1.95. The number of rotatable bonds is 1. The van der Waals surface area contributed by atoms with Gasteiger partial charge in [0.15, 0.2) is 0 Å². The van der Waals surface area contributed by atoms with E-state index in [-0.39, 0.29) is 5.92 Å². The van der Waals surface area contributed by atoms with E-state index in [1.54, 1.807) is 6.07 Å². The van der Waals surface area contributed by atoms with Crippen molar-refractivity contribution < 1.29 is 8.78 Å². The van der Waals surface area contributed by atoms with Gasteiger partial charge in [0.1, 0.15) is 12.0 Å². The molecule has 1 saturated carbocycles. The summed E-state index contributed by atoms with van der Waals surface area (Å²) in [5.74, 6) is -0.458. The Hall–Kier alpha value is -0.920. The molecule has 0 spiro atoms. The minimum absolute atomic E-state index is 0.0564. The van der Waals surface area contributed by atoms with E-state index in [1.165, 1.54) is 12.1 Å². The molecule has 0 nitrogen and oxygen atoms in total. The molecule has 0 N–H and O–H groups in total. The van der Waals surface area contributed by atoms with E-state index in [0.29, 0.717) is 6.42 Å². The highest BCUT2D eigenvalue weighted by Gasteiger charge is 2.38. The number of benzene rings is 1. The van der Waals surface area contributed by atoms with Gasteiger partial charge in [0, 0.05) is 12.0 Å². The van der Waals surface area contributed by atoms with Crippen molar-refractivity contribution in [1.29, 1.82) is 0 Å². The summed E-state index contributed by atoms with van der Waals surface area (Å²) in [6.45, 7) is 0. The fraction of sp³-hybridized carbons (Fsp3) is 0.333. The third-order valence-electron chi connectivity index (χ3n) is 1.93. The van der Waals surface area contributed by atoms with Gasteiger partial charge in [-0.05, 0) is 18.1 Å². The maximum absolute atomic E-state index is 12.5. The van der Waals surface area contributed by atoms with Crippen LogP contribution >= 0.6 is 0 Å². The number of hydrogen-bond donors (Lipinski definition) is 0. The highest BCUT2D eigenvalue weighted by atomic mass is 19.1. The molecule has 2 unspecified atom stereocenters. The lowest BCUT2D eigenvalue weighted by atomic mass is 10.1. The number of halogens is 2. The third-order valence-corrected chi connectivity index (χ3v) is 1.93. The Morgan fingerprint density at radius 1 is 1.55 bits per heavy atom. The van der Waals surface area contributed by atoms with E-state index in [1.807, 2.05) is 0 Å². The predicted molar refractivity (Wildman–Crippen MR) is 37.5 cm³/mol. The minimum Gasteiger partial charge on any atom is -0.247 e. The average molecular weight is 153 g/mol. The Morgan fingerprint density at radius 2 is 2.27 bits per heavy atom. The molecule has 2 rings (SSSR count). The van der Waals surface area contributed by atoms with Gasteiger partial charge in [0.05, 0.1) is 0 Å². The summed E-state index contributed by atoms with van der Waals surface area (Å²) in [7, 11) is 0. The lowest BCUT2D eigenvalue weighted by molar-refractivity contribution is 0.468. The second-order valence-electron chi connectivity index (χ2n) is 2.83. The van der Waals surface area contributed by atoms with Crippen molar-refractivity contribution in [3.8, 4) is 0 Å². The lowest BCUT2D eigenvalue weighted by Crippen LogP contribution is -1.83. The monoisotopic (exact) mass is 153 g/mol. The molecule has 1 fully saturated rings. The summed E-state index contributed by atoms with van der Waals surface area (Å²) in [5, 5.41) is 0. The first-order valence-corrected chi connectivity index (χ1v) is 3.58. The number of hydrogen-bond acceptors (Lipinski definition) is 0. The van der Waals surface area contributed by atoms with E-state index in [4.69, 9.17) is 0 Å². The summed E-state index contributed by atoms with van der Waals surface area (Å²) in [6.07, 6.45) is -0.208. The van der Waals surface area contributed by atoms with Gasteiger partial charge in [-0.1, -0.05) is 12.1 Å². The quantitative estimate of drug-likeness (QED) is 0.581. The van der Waals surface area contributed by atoms with E-state index >= 15 is 0 Å². The van der Waals surface area contributed by atoms with Crippen LogP contribution in [0.4, 0.5) is 8.78 Å². The van der Waals surface area contributed by atoms with Crippen LogP contribution < -0.4 is 0 Å². The summed E-state index contributed by atoms with van der Waals surface area (Å²) in [4.78, 5) is 0. The van der Waals surface area contributed by atoms with Crippen LogP contribution in [-0.4, -0.2) is 6.17 Å². The van der Waals surface area contributed by atoms with Crippen molar-refractivity contribution in [2.75, 3.05) is 0 Å². The van der Waals surface area contributed by atoms with Gasteiger partial charge < -0.3 is 0 Å². The molecular formula is C9H7F2. The summed E-state index contributed by atoms with van der Waals surface area (Å²) in [5.41, 5.74) is 0.758. The predicted octanol–water partition coefficient (Wildman–Crippen LogP) is 2.45. The SMILES string of the molecule is Fc1[c]ccc(C2CC2F)c1. The van der Waals surface area contributed by atoms with E-state index < -0.39 is 12.0 Å². The van der Waals surface area contributed by atoms with Gasteiger partial charge in [0.25, 0.3) is 0 Å².